The van der Waals surface area contributed by atoms with Gasteiger partial charge in [0.1, 0.15) is 5.82 Å². The standard InChI is InChI=1S/C20H18ClN7OS/c1-2-12-5-3-4-6-15(12)23-19-25-16(24-18(22)26-19)11-30-20-28-27-17(29-20)13-7-9-14(21)10-8-13/h3-10H,2,11H2,1H3,(H3,22,23,24,25,26). The van der Waals surface area contributed by atoms with Crippen LogP contribution < -0.4 is 11.1 Å². The molecule has 0 spiro atoms. The molecule has 0 saturated heterocycles. The number of hydrogen-bond donors (Lipinski definition) is 2. The molecule has 0 bridgehead atoms. The van der Waals surface area contributed by atoms with Gasteiger partial charge in [0.15, 0.2) is 0 Å². The van der Waals surface area contributed by atoms with Crippen LogP contribution in [-0.2, 0) is 12.2 Å². The van der Waals surface area contributed by atoms with E-state index in [4.69, 9.17) is 21.8 Å². The predicted octanol–water partition coefficient (Wildman–Crippen LogP) is 4.76. The SMILES string of the molecule is CCc1ccccc1Nc1nc(N)nc(CSc2nnc(-c3ccc(Cl)cc3)o2)n1. The van der Waals surface area contributed by atoms with E-state index in [0.717, 1.165) is 23.2 Å². The van der Waals surface area contributed by atoms with Crippen molar-refractivity contribution in [2.24, 2.45) is 0 Å². The number of thioether (sulfide) groups is 1. The van der Waals surface area contributed by atoms with Crippen LogP contribution in [0, 0.1) is 0 Å². The van der Waals surface area contributed by atoms with Crippen molar-refractivity contribution in [1.82, 2.24) is 25.1 Å². The van der Waals surface area contributed by atoms with Crippen LogP contribution in [0.15, 0.2) is 58.2 Å². The van der Waals surface area contributed by atoms with Gasteiger partial charge in [0.25, 0.3) is 5.22 Å². The molecule has 0 amide bonds. The fourth-order valence-corrected chi connectivity index (χ4v) is 3.48. The Morgan fingerprint density at radius 2 is 1.83 bits per heavy atom. The Balaban J connectivity index is 1.46. The summed E-state index contributed by atoms with van der Waals surface area (Å²) in [5.74, 6) is 1.87. The van der Waals surface area contributed by atoms with Crippen molar-refractivity contribution in [3.05, 3.63) is 64.9 Å². The summed E-state index contributed by atoms with van der Waals surface area (Å²) in [5.41, 5.74) is 8.77. The van der Waals surface area contributed by atoms with Gasteiger partial charge in [-0.3, -0.25) is 0 Å². The number of rotatable bonds is 7. The van der Waals surface area contributed by atoms with E-state index in [1.165, 1.54) is 11.8 Å². The van der Waals surface area contributed by atoms with Crippen LogP contribution in [0.4, 0.5) is 17.6 Å². The molecule has 3 N–H and O–H groups in total. The fourth-order valence-electron chi connectivity index (χ4n) is 2.73. The van der Waals surface area contributed by atoms with E-state index in [9.17, 15) is 0 Å². The summed E-state index contributed by atoms with van der Waals surface area (Å²) < 4.78 is 5.70. The normalized spacial score (nSPS) is 10.9. The van der Waals surface area contributed by atoms with Gasteiger partial charge in [0, 0.05) is 16.3 Å². The van der Waals surface area contributed by atoms with Crippen LogP contribution in [0.5, 0.6) is 0 Å². The van der Waals surface area contributed by atoms with Crippen LogP contribution in [0.3, 0.4) is 0 Å². The average molecular weight is 440 g/mol. The summed E-state index contributed by atoms with van der Waals surface area (Å²) in [6.07, 6.45) is 0.888. The van der Waals surface area contributed by atoms with Gasteiger partial charge in [-0.1, -0.05) is 48.5 Å². The highest BCUT2D eigenvalue weighted by Crippen LogP contribution is 2.26. The number of hydrogen-bond acceptors (Lipinski definition) is 9. The topological polar surface area (TPSA) is 116 Å². The van der Waals surface area contributed by atoms with Crippen LogP contribution in [-0.4, -0.2) is 25.1 Å². The molecule has 0 aliphatic heterocycles. The number of benzene rings is 2. The number of anilines is 3. The number of aromatic nitrogens is 5. The minimum Gasteiger partial charge on any atom is -0.411 e. The van der Waals surface area contributed by atoms with Crippen molar-refractivity contribution in [1.29, 1.82) is 0 Å². The molecule has 10 heteroatoms. The first kappa shape index (κ1) is 20.1. The molecule has 2 aromatic heterocycles. The first-order chi connectivity index (χ1) is 14.6. The first-order valence-corrected chi connectivity index (χ1v) is 10.5. The van der Waals surface area contributed by atoms with Gasteiger partial charge in [-0.05, 0) is 42.3 Å². The van der Waals surface area contributed by atoms with Crippen LogP contribution in [0.1, 0.15) is 18.3 Å². The number of halogens is 1. The Morgan fingerprint density at radius 3 is 2.63 bits per heavy atom. The van der Waals surface area contributed by atoms with Crippen molar-refractivity contribution in [2.75, 3.05) is 11.1 Å². The highest BCUT2D eigenvalue weighted by molar-refractivity contribution is 7.98. The molecule has 4 rings (SSSR count). The summed E-state index contributed by atoms with van der Waals surface area (Å²) >= 11 is 7.23. The van der Waals surface area contributed by atoms with E-state index >= 15 is 0 Å². The van der Waals surface area contributed by atoms with E-state index < -0.39 is 0 Å². The van der Waals surface area contributed by atoms with Crippen molar-refractivity contribution in [3.8, 4) is 11.5 Å². The molecule has 0 aliphatic carbocycles. The van der Waals surface area contributed by atoms with Crippen LogP contribution in [0.25, 0.3) is 11.5 Å². The molecule has 0 unspecified atom stereocenters. The largest absolute Gasteiger partial charge is 0.411 e. The van der Waals surface area contributed by atoms with E-state index in [2.05, 4.69) is 43.5 Å². The Hall–Kier alpha value is -3.17. The van der Waals surface area contributed by atoms with Gasteiger partial charge < -0.3 is 15.5 Å². The maximum absolute atomic E-state index is 5.91. The predicted molar refractivity (Wildman–Crippen MR) is 118 cm³/mol. The van der Waals surface area contributed by atoms with E-state index in [-0.39, 0.29) is 5.95 Å². The molecule has 4 aromatic rings. The second-order valence-electron chi connectivity index (χ2n) is 6.24. The van der Waals surface area contributed by atoms with Gasteiger partial charge in [0.05, 0.1) is 5.75 Å². The molecule has 30 heavy (non-hydrogen) atoms. The third-order valence-corrected chi connectivity index (χ3v) is 5.23. The maximum Gasteiger partial charge on any atom is 0.277 e. The molecule has 0 saturated carbocycles. The highest BCUT2D eigenvalue weighted by Gasteiger charge is 2.12. The molecule has 2 heterocycles. The molecule has 0 radical (unpaired) electrons. The van der Waals surface area contributed by atoms with E-state index in [1.807, 2.05) is 30.3 Å². The van der Waals surface area contributed by atoms with Gasteiger partial charge in [-0.15, -0.1) is 10.2 Å². The smallest absolute Gasteiger partial charge is 0.277 e. The van der Waals surface area contributed by atoms with Crippen molar-refractivity contribution < 1.29 is 4.42 Å². The quantitative estimate of drug-likeness (QED) is 0.393. The lowest BCUT2D eigenvalue weighted by Gasteiger charge is -2.10. The second-order valence-corrected chi connectivity index (χ2v) is 7.60. The molecule has 152 valence electrons. The lowest BCUT2D eigenvalue weighted by atomic mass is 10.1. The van der Waals surface area contributed by atoms with Crippen molar-refractivity contribution in [2.45, 2.75) is 24.3 Å². The van der Waals surface area contributed by atoms with Crippen molar-refractivity contribution in [3.63, 3.8) is 0 Å². The monoisotopic (exact) mass is 439 g/mol. The van der Waals surface area contributed by atoms with Crippen molar-refractivity contribution >= 4 is 40.9 Å². The zero-order valence-electron chi connectivity index (χ0n) is 16.0. The number of para-hydroxylation sites is 1. The van der Waals surface area contributed by atoms with E-state index in [1.54, 1.807) is 12.1 Å². The Labute approximate surface area is 182 Å². The van der Waals surface area contributed by atoms with E-state index in [0.29, 0.717) is 33.7 Å². The Kier molecular flexibility index (Phi) is 6.10. The first-order valence-electron chi connectivity index (χ1n) is 9.18. The molecule has 2 aromatic carbocycles. The highest BCUT2D eigenvalue weighted by atomic mass is 35.5. The lowest BCUT2D eigenvalue weighted by molar-refractivity contribution is 0.465. The fraction of sp³-hybridized carbons (Fsp3) is 0.150. The average Bonchev–Trinajstić information content (AvgIpc) is 3.22. The molecular formula is C20H18ClN7OS. The summed E-state index contributed by atoms with van der Waals surface area (Å²) in [7, 11) is 0. The summed E-state index contributed by atoms with van der Waals surface area (Å²) in [6.45, 7) is 2.09. The minimum atomic E-state index is 0.143. The molecule has 0 atom stereocenters. The molecular weight excluding hydrogens is 422 g/mol. The third-order valence-electron chi connectivity index (χ3n) is 4.17. The number of nitrogens with two attached hydrogens (primary N) is 1. The van der Waals surface area contributed by atoms with Gasteiger partial charge in [0.2, 0.25) is 17.8 Å². The summed E-state index contributed by atoms with van der Waals surface area (Å²) in [4.78, 5) is 12.8. The van der Waals surface area contributed by atoms with Crippen LogP contribution in [0.2, 0.25) is 5.02 Å². The number of nitrogens with zero attached hydrogens (tertiary/aromatic N) is 5. The molecule has 0 aliphatic rings. The maximum atomic E-state index is 5.91. The Morgan fingerprint density at radius 1 is 1.03 bits per heavy atom. The van der Waals surface area contributed by atoms with Crippen LogP contribution >= 0.6 is 23.4 Å². The second kappa shape index (κ2) is 9.10. The lowest BCUT2D eigenvalue weighted by Crippen LogP contribution is -2.07. The number of aryl methyl sites for hydroxylation is 1. The van der Waals surface area contributed by atoms with Gasteiger partial charge in [-0.2, -0.15) is 15.0 Å². The van der Waals surface area contributed by atoms with Gasteiger partial charge in [-0.25, -0.2) is 0 Å². The molecule has 8 nitrogen and oxygen atoms in total. The third kappa shape index (κ3) is 4.87. The zero-order chi connectivity index (χ0) is 20.9. The Bertz CT molecular complexity index is 1150. The minimum absolute atomic E-state index is 0.143. The van der Waals surface area contributed by atoms with Gasteiger partial charge >= 0.3 is 0 Å². The number of nitrogen functional groups attached to an aromatic ring is 1. The molecule has 0 fully saturated rings. The number of nitrogens with one attached hydrogen (secondary N) is 1. The summed E-state index contributed by atoms with van der Waals surface area (Å²) in [6, 6.07) is 15.2. The summed E-state index contributed by atoms with van der Waals surface area (Å²) in [5, 5.41) is 12.4. The zero-order valence-corrected chi connectivity index (χ0v) is 17.6.